The van der Waals surface area contributed by atoms with Gasteiger partial charge >= 0.3 is 0 Å². The highest BCUT2D eigenvalue weighted by atomic mass is 16.5. The molecule has 0 saturated carbocycles. The molecule has 0 unspecified atom stereocenters. The van der Waals surface area contributed by atoms with Crippen molar-refractivity contribution in [2.24, 2.45) is 0 Å². The molecule has 18 heavy (non-hydrogen) atoms. The van der Waals surface area contributed by atoms with Gasteiger partial charge in [-0.3, -0.25) is 14.9 Å². The van der Waals surface area contributed by atoms with E-state index in [1.54, 1.807) is 45.3 Å². The van der Waals surface area contributed by atoms with E-state index in [0.717, 1.165) is 11.3 Å². The van der Waals surface area contributed by atoms with Crippen LogP contribution < -0.4 is 15.4 Å². The zero-order chi connectivity index (χ0) is 13.5. The molecular formula is C13H18N2O3. The lowest BCUT2D eigenvalue weighted by Crippen LogP contribution is -2.43. The number of benzene rings is 1. The Hall–Kier alpha value is -1.88. The fourth-order valence-corrected chi connectivity index (χ4v) is 1.35. The molecule has 0 fully saturated rings. The summed E-state index contributed by atoms with van der Waals surface area (Å²) in [4.78, 5) is 23.1. The second-order valence-corrected chi connectivity index (χ2v) is 3.95. The first kappa shape index (κ1) is 14.2. The number of rotatable bonds is 5. The summed E-state index contributed by atoms with van der Waals surface area (Å²) < 4.78 is 5.02. The van der Waals surface area contributed by atoms with Crippen molar-refractivity contribution >= 4 is 11.8 Å². The third-order valence-electron chi connectivity index (χ3n) is 2.61. The van der Waals surface area contributed by atoms with Gasteiger partial charge in [-0.15, -0.1) is 0 Å². The van der Waals surface area contributed by atoms with Gasteiger partial charge in [-0.1, -0.05) is 12.1 Å². The Labute approximate surface area is 107 Å². The molecule has 5 nitrogen and oxygen atoms in total. The molecule has 0 aromatic heterocycles. The monoisotopic (exact) mass is 250 g/mol. The Bertz CT molecular complexity index is 415. The number of likely N-dealkylation sites (N-methyl/N-ethyl adjacent to an activating group) is 1. The molecule has 98 valence electrons. The first-order valence-corrected chi connectivity index (χ1v) is 5.70. The molecule has 1 aromatic rings. The number of nitrogens with one attached hydrogen (secondary N) is 2. The molecule has 0 radical (unpaired) electrons. The Morgan fingerprint density at radius 1 is 1.28 bits per heavy atom. The van der Waals surface area contributed by atoms with Crippen molar-refractivity contribution < 1.29 is 14.3 Å². The van der Waals surface area contributed by atoms with E-state index in [9.17, 15) is 9.59 Å². The molecule has 0 aliphatic heterocycles. The summed E-state index contributed by atoms with van der Waals surface area (Å²) in [7, 11) is 3.25. The van der Waals surface area contributed by atoms with Crippen molar-refractivity contribution in [2.75, 3.05) is 14.2 Å². The lowest BCUT2D eigenvalue weighted by molar-refractivity contribution is -0.130. The second-order valence-electron chi connectivity index (χ2n) is 3.95. The van der Waals surface area contributed by atoms with Crippen molar-refractivity contribution in [2.45, 2.75) is 19.4 Å². The van der Waals surface area contributed by atoms with Gasteiger partial charge in [-0.05, 0) is 31.7 Å². The van der Waals surface area contributed by atoms with Crippen LogP contribution in [-0.4, -0.2) is 32.0 Å². The first-order chi connectivity index (χ1) is 8.56. The zero-order valence-electron chi connectivity index (χ0n) is 10.8. The minimum atomic E-state index is -0.384. The highest BCUT2D eigenvalue weighted by Gasteiger charge is 2.13. The van der Waals surface area contributed by atoms with Crippen LogP contribution in [0.25, 0.3) is 0 Å². The van der Waals surface area contributed by atoms with Crippen molar-refractivity contribution in [1.82, 2.24) is 10.6 Å². The number of hydrogen-bond donors (Lipinski definition) is 2. The van der Waals surface area contributed by atoms with Gasteiger partial charge < -0.3 is 10.1 Å². The van der Waals surface area contributed by atoms with E-state index < -0.39 is 0 Å². The summed E-state index contributed by atoms with van der Waals surface area (Å²) in [6.45, 7) is 1.69. The topological polar surface area (TPSA) is 67.4 Å². The van der Waals surface area contributed by atoms with Crippen LogP contribution in [0.4, 0.5) is 0 Å². The van der Waals surface area contributed by atoms with Crippen molar-refractivity contribution in [3.63, 3.8) is 0 Å². The summed E-state index contributed by atoms with van der Waals surface area (Å²) in [5.74, 6) is 0.0994. The van der Waals surface area contributed by atoms with E-state index in [1.807, 2.05) is 0 Å². The van der Waals surface area contributed by atoms with Crippen molar-refractivity contribution in [3.05, 3.63) is 29.8 Å². The molecule has 0 saturated heterocycles. The van der Waals surface area contributed by atoms with Crippen LogP contribution >= 0.6 is 0 Å². The molecule has 2 N–H and O–H groups in total. The van der Waals surface area contributed by atoms with E-state index in [0.29, 0.717) is 0 Å². The average molecular weight is 250 g/mol. The lowest BCUT2D eigenvalue weighted by atomic mass is 10.1. The Kier molecular flexibility index (Phi) is 5.32. The van der Waals surface area contributed by atoms with E-state index in [1.165, 1.54) is 0 Å². The average Bonchev–Trinajstić information content (AvgIpc) is 2.38. The van der Waals surface area contributed by atoms with Gasteiger partial charge in [0.25, 0.3) is 0 Å². The molecule has 1 atom stereocenters. The normalized spacial score (nSPS) is 11.7. The van der Waals surface area contributed by atoms with Crippen molar-refractivity contribution in [3.8, 4) is 5.75 Å². The molecule has 0 aliphatic carbocycles. The molecule has 0 spiro atoms. The third kappa shape index (κ3) is 4.18. The van der Waals surface area contributed by atoms with E-state index in [-0.39, 0.29) is 24.3 Å². The quantitative estimate of drug-likeness (QED) is 0.798. The molecule has 0 aliphatic rings. The standard InChI is InChI=1S/C13H18N2O3/c1-9(14-2)13(17)15-12(16)8-10-4-6-11(18-3)7-5-10/h4-7,9,14H,8H2,1-3H3,(H,15,16,17)/t9-/m1/s1. The number of methoxy groups -OCH3 is 1. The fraction of sp³-hybridized carbons (Fsp3) is 0.385. The van der Waals surface area contributed by atoms with Crippen LogP contribution in [0.3, 0.4) is 0 Å². The zero-order valence-corrected chi connectivity index (χ0v) is 10.8. The maximum atomic E-state index is 11.6. The first-order valence-electron chi connectivity index (χ1n) is 5.70. The summed E-state index contributed by atoms with van der Waals surface area (Å²) in [5.41, 5.74) is 0.832. The summed E-state index contributed by atoms with van der Waals surface area (Å²) >= 11 is 0. The predicted octanol–water partition coefficient (Wildman–Crippen LogP) is 0.488. The number of hydrogen-bond acceptors (Lipinski definition) is 4. The Morgan fingerprint density at radius 2 is 1.89 bits per heavy atom. The van der Waals surface area contributed by atoms with Crippen LogP contribution in [0.15, 0.2) is 24.3 Å². The van der Waals surface area contributed by atoms with Gasteiger partial charge in [0, 0.05) is 0 Å². The van der Waals surface area contributed by atoms with Crippen LogP contribution in [-0.2, 0) is 16.0 Å². The molecule has 1 rings (SSSR count). The number of carbonyl (C=O) groups is 2. The maximum absolute atomic E-state index is 11.6. The van der Waals surface area contributed by atoms with Gasteiger partial charge in [-0.2, -0.15) is 0 Å². The SMILES string of the molecule is CN[C@H](C)C(=O)NC(=O)Cc1ccc(OC)cc1. The smallest absolute Gasteiger partial charge is 0.243 e. The van der Waals surface area contributed by atoms with E-state index in [2.05, 4.69) is 10.6 Å². The molecule has 0 bridgehead atoms. The largest absolute Gasteiger partial charge is 0.497 e. The minimum absolute atomic E-state index is 0.173. The maximum Gasteiger partial charge on any atom is 0.243 e. The summed E-state index contributed by atoms with van der Waals surface area (Å²) in [5, 5.41) is 5.10. The van der Waals surface area contributed by atoms with E-state index in [4.69, 9.17) is 4.74 Å². The number of amides is 2. The fourth-order valence-electron chi connectivity index (χ4n) is 1.35. The van der Waals surface area contributed by atoms with Gasteiger partial charge in [-0.25, -0.2) is 0 Å². The number of imide groups is 1. The predicted molar refractivity (Wildman–Crippen MR) is 68.4 cm³/mol. The summed E-state index contributed by atoms with van der Waals surface area (Å²) in [6, 6.07) is 6.76. The molecule has 5 heteroatoms. The highest BCUT2D eigenvalue weighted by molar-refractivity contribution is 5.98. The second kappa shape index (κ2) is 6.76. The number of ether oxygens (including phenoxy) is 1. The third-order valence-corrected chi connectivity index (χ3v) is 2.61. The van der Waals surface area contributed by atoms with Crippen LogP contribution in [0, 0.1) is 0 Å². The lowest BCUT2D eigenvalue weighted by Gasteiger charge is -2.10. The van der Waals surface area contributed by atoms with Gasteiger partial charge in [0.15, 0.2) is 0 Å². The minimum Gasteiger partial charge on any atom is -0.497 e. The van der Waals surface area contributed by atoms with Gasteiger partial charge in [0.2, 0.25) is 11.8 Å². The summed E-state index contributed by atoms with van der Waals surface area (Å²) in [6.07, 6.45) is 0.173. The van der Waals surface area contributed by atoms with Crippen LogP contribution in [0.1, 0.15) is 12.5 Å². The molecule has 2 amide bonds. The highest BCUT2D eigenvalue weighted by Crippen LogP contribution is 2.11. The molecule has 0 heterocycles. The van der Waals surface area contributed by atoms with Crippen molar-refractivity contribution in [1.29, 1.82) is 0 Å². The van der Waals surface area contributed by atoms with E-state index >= 15 is 0 Å². The Morgan fingerprint density at radius 3 is 2.39 bits per heavy atom. The number of carbonyl (C=O) groups excluding carboxylic acids is 2. The Balaban J connectivity index is 2.51. The van der Waals surface area contributed by atoms with Crippen LogP contribution in [0.2, 0.25) is 0 Å². The van der Waals surface area contributed by atoms with Crippen LogP contribution in [0.5, 0.6) is 5.75 Å². The van der Waals surface area contributed by atoms with Gasteiger partial charge in [0.1, 0.15) is 5.75 Å². The van der Waals surface area contributed by atoms with Gasteiger partial charge in [0.05, 0.1) is 19.6 Å². The molecular weight excluding hydrogens is 232 g/mol. The molecule has 1 aromatic carbocycles.